The first-order valence-electron chi connectivity index (χ1n) is 7.14. The van der Waals surface area contributed by atoms with Crippen molar-refractivity contribution in [3.63, 3.8) is 0 Å². The maximum absolute atomic E-state index is 12.1. The first kappa shape index (κ1) is 15.3. The van der Waals surface area contributed by atoms with Crippen molar-refractivity contribution in [3.8, 4) is 0 Å². The highest BCUT2D eigenvalue weighted by Crippen LogP contribution is 2.24. The molecule has 0 aromatic heterocycles. The molecule has 1 saturated heterocycles. The first-order chi connectivity index (χ1) is 9.40. The van der Waals surface area contributed by atoms with Gasteiger partial charge in [-0.05, 0) is 36.7 Å². The molecule has 1 aromatic rings. The number of benzene rings is 1. The molecule has 1 aliphatic rings. The summed E-state index contributed by atoms with van der Waals surface area (Å²) in [6.45, 7) is 8.82. The molecule has 2 rings (SSSR count). The smallest absolute Gasteiger partial charge is 0.223 e. The van der Waals surface area contributed by atoms with E-state index < -0.39 is 0 Å². The van der Waals surface area contributed by atoms with Crippen molar-refractivity contribution in [3.05, 3.63) is 34.9 Å². The molecule has 4 heteroatoms. The average Bonchev–Trinajstić information content (AvgIpc) is 2.34. The third-order valence-electron chi connectivity index (χ3n) is 4.26. The number of hydrogen-bond acceptors (Lipinski definition) is 2. The van der Waals surface area contributed by atoms with E-state index in [4.69, 9.17) is 11.6 Å². The largest absolute Gasteiger partial charge is 0.355 e. The fraction of sp³-hybridized carbons (Fsp3) is 0.562. The minimum atomic E-state index is -0.0994. The summed E-state index contributed by atoms with van der Waals surface area (Å²) in [5.41, 5.74) is 1.08. The molecule has 1 atom stereocenters. The monoisotopic (exact) mass is 294 g/mol. The number of carbonyl (C=O) groups excluding carboxylic acids is 1. The van der Waals surface area contributed by atoms with Gasteiger partial charge in [0.05, 0.1) is 0 Å². The molecule has 1 aromatic carbocycles. The summed E-state index contributed by atoms with van der Waals surface area (Å²) in [6, 6.07) is 7.83. The summed E-state index contributed by atoms with van der Waals surface area (Å²) < 4.78 is 0. The maximum Gasteiger partial charge on any atom is 0.223 e. The van der Waals surface area contributed by atoms with Crippen LogP contribution in [0.15, 0.2) is 24.3 Å². The summed E-state index contributed by atoms with van der Waals surface area (Å²) in [5.74, 6) is 0.712. The highest BCUT2D eigenvalue weighted by atomic mass is 35.5. The molecule has 1 unspecified atom stereocenters. The van der Waals surface area contributed by atoms with Gasteiger partial charge in [-0.2, -0.15) is 0 Å². The Hall–Kier alpha value is -1.06. The lowest BCUT2D eigenvalue weighted by atomic mass is 9.84. The Balaban J connectivity index is 1.91. The summed E-state index contributed by atoms with van der Waals surface area (Å²) in [5, 5.41) is 7.03. The molecular formula is C16H23ClN2O. The number of amides is 1. The van der Waals surface area contributed by atoms with Gasteiger partial charge in [0, 0.05) is 22.9 Å². The summed E-state index contributed by atoms with van der Waals surface area (Å²) in [4.78, 5) is 12.1. The van der Waals surface area contributed by atoms with Crippen LogP contribution in [-0.2, 0) is 10.2 Å². The van der Waals surface area contributed by atoms with E-state index >= 15 is 0 Å². The second-order valence-corrected chi connectivity index (χ2v) is 6.75. The van der Waals surface area contributed by atoms with Crippen LogP contribution in [-0.4, -0.2) is 25.5 Å². The van der Waals surface area contributed by atoms with Gasteiger partial charge in [-0.25, -0.2) is 0 Å². The van der Waals surface area contributed by atoms with Gasteiger partial charge < -0.3 is 10.6 Å². The standard InChI is InChI=1S/C16H23ClN2O/c1-11(12-8-18-9-12)15(20)19-10-16(2,3)13-4-6-14(17)7-5-13/h4-7,11-12,18H,8-10H2,1-3H3,(H,19,20). The Kier molecular flexibility index (Phi) is 4.71. The predicted octanol–water partition coefficient (Wildman–Crippen LogP) is 2.59. The molecule has 0 bridgehead atoms. The van der Waals surface area contributed by atoms with Crippen LogP contribution in [0.2, 0.25) is 5.02 Å². The van der Waals surface area contributed by atoms with E-state index in [0.717, 1.165) is 18.1 Å². The molecular weight excluding hydrogens is 272 g/mol. The number of nitrogens with one attached hydrogen (secondary N) is 2. The predicted molar refractivity (Wildman–Crippen MR) is 83.0 cm³/mol. The van der Waals surface area contributed by atoms with Gasteiger partial charge >= 0.3 is 0 Å². The number of hydrogen-bond donors (Lipinski definition) is 2. The highest BCUT2D eigenvalue weighted by molar-refractivity contribution is 6.30. The Morgan fingerprint density at radius 2 is 2.00 bits per heavy atom. The topological polar surface area (TPSA) is 41.1 Å². The zero-order valence-corrected chi connectivity index (χ0v) is 13.1. The molecule has 2 N–H and O–H groups in total. The Morgan fingerprint density at radius 1 is 1.40 bits per heavy atom. The Labute approximate surface area is 126 Å². The fourth-order valence-corrected chi connectivity index (χ4v) is 2.48. The van der Waals surface area contributed by atoms with Crippen LogP contribution in [0.1, 0.15) is 26.3 Å². The lowest BCUT2D eigenvalue weighted by Crippen LogP contribution is -2.50. The second-order valence-electron chi connectivity index (χ2n) is 6.32. The van der Waals surface area contributed by atoms with Crippen LogP contribution >= 0.6 is 11.6 Å². The molecule has 20 heavy (non-hydrogen) atoms. The van der Waals surface area contributed by atoms with Crippen molar-refractivity contribution in [1.82, 2.24) is 10.6 Å². The zero-order valence-electron chi connectivity index (χ0n) is 12.4. The first-order valence-corrected chi connectivity index (χ1v) is 7.52. The van der Waals surface area contributed by atoms with Gasteiger partial charge in [0.25, 0.3) is 0 Å². The van der Waals surface area contributed by atoms with Crippen LogP contribution in [0.5, 0.6) is 0 Å². The van der Waals surface area contributed by atoms with Crippen molar-refractivity contribution >= 4 is 17.5 Å². The normalized spacial score (nSPS) is 17.4. The molecule has 1 fully saturated rings. The number of carbonyl (C=O) groups is 1. The van der Waals surface area contributed by atoms with Gasteiger partial charge in [-0.3, -0.25) is 4.79 Å². The minimum absolute atomic E-state index is 0.0808. The lowest BCUT2D eigenvalue weighted by Gasteiger charge is -2.33. The Bertz CT molecular complexity index is 466. The van der Waals surface area contributed by atoms with Crippen molar-refractivity contribution in [1.29, 1.82) is 0 Å². The van der Waals surface area contributed by atoms with Gasteiger partial charge in [-0.15, -0.1) is 0 Å². The zero-order chi connectivity index (χ0) is 14.8. The lowest BCUT2D eigenvalue weighted by molar-refractivity contribution is -0.126. The van der Waals surface area contributed by atoms with E-state index in [0.29, 0.717) is 12.5 Å². The van der Waals surface area contributed by atoms with Crippen molar-refractivity contribution in [2.75, 3.05) is 19.6 Å². The third-order valence-corrected chi connectivity index (χ3v) is 4.52. The minimum Gasteiger partial charge on any atom is -0.355 e. The van der Waals surface area contributed by atoms with Gasteiger partial charge in [0.15, 0.2) is 0 Å². The number of halogens is 1. The molecule has 1 heterocycles. The molecule has 0 spiro atoms. The van der Waals surface area contributed by atoms with Crippen molar-refractivity contribution in [2.24, 2.45) is 11.8 Å². The molecule has 3 nitrogen and oxygen atoms in total. The van der Waals surface area contributed by atoms with Crippen LogP contribution in [0, 0.1) is 11.8 Å². The summed E-state index contributed by atoms with van der Waals surface area (Å²) in [7, 11) is 0. The van der Waals surface area contributed by atoms with Gasteiger partial charge in [0.2, 0.25) is 5.91 Å². The number of rotatable bonds is 5. The van der Waals surface area contributed by atoms with Crippen LogP contribution in [0.25, 0.3) is 0 Å². The van der Waals surface area contributed by atoms with Crippen LogP contribution < -0.4 is 10.6 Å². The third kappa shape index (κ3) is 3.53. The second kappa shape index (κ2) is 6.15. The van der Waals surface area contributed by atoms with Crippen LogP contribution in [0.4, 0.5) is 0 Å². The van der Waals surface area contributed by atoms with Gasteiger partial charge in [0.1, 0.15) is 0 Å². The van der Waals surface area contributed by atoms with E-state index in [2.05, 4.69) is 24.5 Å². The molecule has 1 amide bonds. The van der Waals surface area contributed by atoms with E-state index in [1.165, 1.54) is 5.56 Å². The Morgan fingerprint density at radius 3 is 2.50 bits per heavy atom. The summed E-state index contributed by atoms with van der Waals surface area (Å²) >= 11 is 5.91. The van der Waals surface area contributed by atoms with E-state index in [1.54, 1.807) is 0 Å². The van der Waals surface area contributed by atoms with Crippen molar-refractivity contribution < 1.29 is 4.79 Å². The molecule has 0 radical (unpaired) electrons. The molecule has 0 aliphatic carbocycles. The van der Waals surface area contributed by atoms with E-state index in [9.17, 15) is 4.79 Å². The van der Waals surface area contributed by atoms with Crippen molar-refractivity contribution in [2.45, 2.75) is 26.2 Å². The highest BCUT2D eigenvalue weighted by Gasteiger charge is 2.30. The van der Waals surface area contributed by atoms with E-state index in [-0.39, 0.29) is 17.2 Å². The maximum atomic E-state index is 12.1. The quantitative estimate of drug-likeness (QED) is 0.876. The van der Waals surface area contributed by atoms with Crippen LogP contribution in [0.3, 0.4) is 0 Å². The fourth-order valence-electron chi connectivity index (χ4n) is 2.35. The molecule has 110 valence electrons. The SMILES string of the molecule is CC(C(=O)NCC(C)(C)c1ccc(Cl)cc1)C1CNC1. The molecule has 1 aliphatic heterocycles. The molecule has 0 saturated carbocycles. The van der Waals surface area contributed by atoms with Gasteiger partial charge in [-0.1, -0.05) is 44.5 Å². The summed E-state index contributed by atoms with van der Waals surface area (Å²) in [6.07, 6.45) is 0. The average molecular weight is 295 g/mol. The van der Waals surface area contributed by atoms with E-state index in [1.807, 2.05) is 31.2 Å².